The molecule has 0 saturated heterocycles. The van der Waals surface area contributed by atoms with Crippen molar-refractivity contribution in [2.45, 2.75) is 32.4 Å². The quantitative estimate of drug-likeness (QED) is 0.437. The van der Waals surface area contributed by atoms with Gasteiger partial charge in [0.05, 0.1) is 11.2 Å². The highest BCUT2D eigenvalue weighted by Gasteiger charge is 2.24. The van der Waals surface area contributed by atoms with Crippen molar-refractivity contribution in [1.29, 1.82) is 0 Å². The van der Waals surface area contributed by atoms with Crippen LogP contribution in [0.5, 0.6) is 0 Å². The van der Waals surface area contributed by atoms with Crippen molar-refractivity contribution in [2.24, 2.45) is 0 Å². The second-order valence-corrected chi connectivity index (χ2v) is 8.05. The second kappa shape index (κ2) is 9.17. The van der Waals surface area contributed by atoms with Gasteiger partial charge in [-0.25, -0.2) is 9.78 Å². The molecule has 0 saturated carbocycles. The first kappa shape index (κ1) is 21.6. The van der Waals surface area contributed by atoms with E-state index in [4.69, 9.17) is 0 Å². The number of carbonyl (C=O) groups excluding carboxylic acids is 2. The number of pyridine rings is 1. The number of para-hydroxylation sites is 1. The predicted molar refractivity (Wildman–Crippen MR) is 118 cm³/mol. The van der Waals surface area contributed by atoms with Gasteiger partial charge < -0.3 is 20.7 Å². The van der Waals surface area contributed by atoms with E-state index in [1.165, 1.54) is 18.7 Å². The molecule has 1 aromatic carbocycles. The van der Waals surface area contributed by atoms with Crippen LogP contribution in [0.3, 0.4) is 0 Å². The van der Waals surface area contributed by atoms with Crippen LogP contribution >= 0.6 is 11.8 Å². The van der Waals surface area contributed by atoms with Gasteiger partial charge in [-0.15, -0.1) is 0 Å². The Morgan fingerprint density at radius 3 is 2.63 bits per heavy atom. The van der Waals surface area contributed by atoms with Crippen LogP contribution in [-0.4, -0.2) is 57.0 Å². The summed E-state index contributed by atoms with van der Waals surface area (Å²) in [6.07, 6.45) is 2.17. The first-order valence-corrected chi connectivity index (χ1v) is 10.9. The highest BCUT2D eigenvalue weighted by molar-refractivity contribution is 7.98. The average molecular weight is 429 g/mol. The second-order valence-electron chi connectivity index (χ2n) is 7.06. The van der Waals surface area contributed by atoms with Crippen molar-refractivity contribution in [2.75, 3.05) is 12.0 Å². The number of aromatic nitrogens is 2. The Balaban J connectivity index is 1.76. The maximum atomic E-state index is 12.7. The van der Waals surface area contributed by atoms with Gasteiger partial charge in [-0.05, 0) is 44.4 Å². The van der Waals surface area contributed by atoms with Crippen LogP contribution in [0, 0.1) is 6.92 Å². The molecule has 2 atom stereocenters. The van der Waals surface area contributed by atoms with Gasteiger partial charge in [-0.3, -0.25) is 9.59 Å². The molecule has 30 heavy (non-hydrogen) atoms. The van der Waals surface area contributed by atoms with Crippen LogP contribution in [0.4, 0.5) is 0 Å². The van der Waals surface area contributed by atoms with Crippen LogP contribution in [0.1, 0.15) is 29.5 Å². The maximum Gasteiger partial charge on any atom is 0.326 e. The Morgan fingerprint density at radius 2 is 1.93 bits per heavy atom. The predicted octanol–water partition coefficient (Wildman–Crippen LogP) is 2.47. The number of carboxylic acids is 1. The number of carboxylic acid groups (broad SMARTS) is 1. The molecule has 2 aromatic heterocycles. The van der Waals surface area contributed by atoms with E-state index in [-0.39, 0.29) is 5.69 Å². The standard InChI is InChI=1S/C21H24N4O4S/c1-11-18-14(13-6-4-5-7-15(13)24-18)10-17(22-11)20(27)23-12(2)19(26)25-16(21(28)29)8-9-30-3/h4-7,10,12,16,24H,8-9H2,1-3H3,(H,23,27)(H,25,26)(H,28,29). The lowest BCUT2D eigenvalue weighted by Crippen LogP contribution is -2.50. The average Bonchev–Trinajstić information content (AvgIpc) is 3.10. The van der Waals surface area contributed by atoms with E-state index < -0.39 is 29.9 Å². The molecule has 9 heteroatoms. The molecule has 0 aliphatic rings. The van der Waals surface area contributed by atoms with E-state index in [1.807, 2.05) is 37.4 Å². The SMILES string of the molecule is CSCCC(NC(=O)C(C)NC(=O)c1cc2c([nH]c3ccccc32)c(C)n1)C(=O)O. The van der Waals surface area contributed by atoms with Crippen LogP contribution in [-0.2, 0) is 9.59 Å². The fourth-order valence-electron chi connectivity index (χ4n) is 3.25. The Bertz CT molecular complexity index is 1110. The van der Waals surface area contributed by atoms with E-state index in [1.54, 1.807) is 6.07 Å². The monoisotopic (exact) mass is 428 g/mol. The van der Waals surface area contributed by atoms with Gasteiger partial charge in [0, 0.05) is 16.3 Å². The highest BCUT2D eigenvalue weighted by Crippen LogP contribution is 2.27. The van der Waals surface area contributed by atoms with Crippen LogP contribution in [0.2, 0.25) is 0 Å². The molecule has 158 valence electrons. The third-order valence-electron chi connectivity index (χ3n) is 4.88. The van der Waals surface area contributed by atoms with Crippen molar-refractivity contribution in [3.63, 3.8) is 0 Å². The van der Waals surface area contributed by atoms with Gasteiger partial charge in [0.1, 0.15) is 17.8 Å². The number of thioether (sulfide) groups is 1. The largest absolute Gasteiger partial charge is 0.480 e. The first-order valence-electron chi connectivity index (χ1n) is 9.53. The van der Waals surface area contributed by atoms with Gasteiger partial charge in [0.2, 0.25) is 5.91 Å². The summed E-state index contributed by atoms with van der Waals surface area (Å²) in [6.45, 7) is 3.33. The summed E-state index contributed by atoms with van der Waals surface area (Å²) in [5.41, 5.74) is 2.68. The number of rotatable bonds is 8. The minimum absolute atomic E-state index is 0.196. The Kier molecular flexibility index (Phi) is 6.61. The van der Waals surface area contributed by atoms with E-state index in [0.717, 1.165) is 21.8 Å². The Labute approximate surface area is 177 Å². The minimum atomic E-state index is -1.10. The molecule has 0 radical (unpaired) electrons. The summed E-state index contributed by atoms with van der Waals surface area (Å²) in [5.74, 6) is -1.55. The summed E-state index contributed by atoms with van der Waals surface area (Å²) in [4.78, 5) is 44.1. The number of hydrogen-bond donors (Lipinski definition) is 4. The van der Waals surface area contributed by atoms with E-state index in [9.17, 15) is 19.5 Å². The maximum absolute atomic E-state index is 12.7. The summed E-state index contributed by atoms with van der Waals surface area (Å²) in [5, 5.41) is 16.2. The zero-order chi connectivity index (χ0) is 21.8. The van der Waals surface area contributed by atoms with Gasteiger partial charge in [-0.2, -0.15) is 11.8 Å². The number of fused-ring (bicyclic) bond motifs is 3. The molecule has 0 aliphatic carbocycles. The van der Waals surface area contributed by atoms with Crippen molar-refractivity contribution in [3.8, 4) is 0 Å². The van der Waals surface area contributed by atoms with Crippen molar-refractivity contribution < 1.29 is 19.5 Å². The third-order valence-corrected chi connectivity index (χ3v) is 5.52. The number of aryl methyl sites for hydroxylation is 1. The lowest BCUT2D eigenvalue weighted by molar-refractivity contribution is -0.142. The van der Waals surface area contributed by atoms with Gasteiger partial charge in [-0.1, -0.05) is 18.2 Å². The van der Waals surface area contributed by atoms with Crippen molar-refractivity contribution >= 4 is 51.4 Å². The molecule has 0 bridgehead atoms. The number of amides is 2. The fraction of sp³-hybridized carbons (Fsp3) is 0.333. The number of aliphatic carboxylic acids is 1. The van der Waals surface area contributed by atoms with Crippen LogP contribution in [0.15, 0.2) is 30.3 Å². The molecule has 2 amide bonds. The molecule has 0 fully saturated rings. The Hall–Kier alpha value is -3.07. The first-order chi connectivity index (χ1) is 14.3. The fourth-order valence-corrected chi connectivity index (χ4v) is 3.72. The third kappa shape index (κ3) is 4.56. The van der Waals surface area contributed by atoms with Crippen molar-refractivity contribution in [1.82, 2.24) is 20.6 Å². The molecular formula is C21H24N4O4S. The smallest absolute Gasteiger partial charge is 0.326 e. The molecule has 3 aromatic rings. The summed E-state index contributed by atoms with van der Waals surface area (Å²) < 4.78 is 0. The number of aromatic amines is 1. The lowest BCUT2D eigenvalue weighted by atomic mass is 10.1. The zero-order valence-electron chi connectivity index (χ0n) is 17.0. The molecule has 0 spiro atoms. The molecule has 0 aliphatic heterocycles. The van der Waals surface area contributed by atoms with E-state index in [0.29, 0.717) is 17.9 Å². The number of nitrogens with zero attached hydrogens (tertiary/aromatic N) is 1. The van der Waals surface area contributed by atoms with Crippen molar-refractivity contribution in [3.05, 3.63) is 41.7 Å². The molecular weight excluding hydrogens is 404 g/mol. The number of nitrogens with one attached hydrogen (secondary N) is 3. The number of benzene rings is 1. The van der Waals surface area contributed by atoms with Gasteiger partial charge in [0.25, 0.3) is 5.91 Å². The normalized spacial score (nSPS) is 13.2. The molecule has 4 N–H and O–H groups in total. The minimum Gasteiger partial charge on any atom is -0.480 e. The van der Waals surface area contributed by atoms with Gasteiger partial charge in [0.15, 0.2) is 0 Å². The van der Waals surface area contributed by atoms with Gasteiger partial charge >= 0.3 is 5.97 Å². The Morgan fingerprint density at radius 1 is 1.20 bits per heavy atom. The molecule has 2 heterocycles. The topological polar surface area (TPSA) is 124 Å². The molecule has 8 nitrogen and oxygen atoms in total. The van der Waals surface area contributed by atoms with Crippen LogP contribution in [0.25, 0.3) is 21.8 Å². The molecule has 3 rings (SSSR count). The highest BCUT2D eigenvalue weighted by atomic mass is 32.2. The van der Waals surface area contributed by atoms with Crippen LogP contribution < -0.4 is 10.6 Å². The van der Waals surface area contributed by atoms with E-state index >= 15 is 0 Å². The molecule has 2 unspecified atom stereocenters. The number of H-pyrrole nitrogens is 1. The number of hydrogen-bond acceptors (Lipinski definition) is 5. The summed E-state index contributed by atoms with van der Waals surface area (Å²) >= 11 is 1.50. The summed E-state index contributed by atoms with van der Waals surface area (Å²) in [6, 6.07) is 7.56. The number of carbonyl (C=O) groups is 3. The van der Waals surface area contributed by atoms with E-state index in [2.05, 4.69) is 20.6 Å². The lowest BCUT2D eigenvalue weighted by Gasteiger charge is -2.18. The summed E-state index contributed by atoms with van der Waals surface area (Å²) in [7, 11) is 0. The zero-order valence-corrected chi connectivity index (χ0v) is 17.8.